The number of hydrogen-bond donors (Lipinski definition) is 2. The molecule has 4 aromatic rings. The fourth-order valence-corrected chi connectivity index (χ4v) is 3.40. The SMILES string of the molecule is O=C(Nc1ccc2c(c1)OCCO2)NC(c1ccccc1)c1nnc(-c2ccccc2)o1. The molecule has 3 aromatic carbocycles. The summed E-state index contributed by atoms with van der Waals surface area (Å²) in [5, 5.41) is 14.1. The van der Waals surface area contributed by atoms with Gasteiger partial charge in [-0.2, -0.15) is 0 Å². The van der Waals surface area contributed by atoms with E-state index >= 15 is 0 Å². The number of anilines is 1. The molecule has 2 amide bonds. The van der Waals surface area contributed by atoms with E-state index in [2.05, 4.69) is 20.8 Å². The topological polar surface area (TPSA) is 98.5 Å². The van der Waals surface area contributed by atoms with Gasteiger partial charge in [-0.05, 0) is 29.8 Å². The Labute approximate surface area is 184 Å². The second-order valence-corrected chi connectivity index (χ2v) is 7.11. The van der Waals surface area contributed by atoms with E-state index in [4.69, 9.17) is 13.9 Å². The van der Waals surface area contributed by atoms with Crippen LogP contribution in [0.5, 0.6) is 11.5 Å². The number of benzene rings is 3. The number of aromatic nitrogens is 2. The Morgan fingerprint density at radius 1 is 0.844 bits per heavy atom. The van der Waals surface area contributed by atoms with Crippen molar-refractivity contribution >= 4 is 11.7 Å². The number of amides is 2. The van der Waals surface area contributed by atoms with E-state index in [-0.39, 0.29) is 5.89 Å². The molecule has 0 aliphatic carbocycles. The van der Waals surface area contributed by atoms with Crippen LogP contribution in [-0.4, -0.2) is 29.4 Å². The van der Waals surface area contributed by atoms with Gasteiger partial charge in [-0.25, -0.2) is 4.79 Å². The Balaban J connectivity index is 1.37. The van der Waals surface area contributed by atoms with Crippen LogP contribution in [-0.2, 0) is 0 Å². The third kappa shape index (κ3) is 4.24. The standard InChI is InChI=1S/C24H20N4O4/c29-24(25-18-11-12-19-20(15-18)31-14-13-30-19)26-21(16-7-3-1-4-8-16)23-28-27-22(32-23)17-9-5-2-6-10-17/h1-12,15,21H,13-14H2,(H2,25,26,29). The Bertz CT molecular complexity index is 1210. The lowest BCUT2D eigenvalue weighted by molar-refractivity contribution is 0.171. The first-order chi connectivity index (χ1) is 15.8. The zero-order chi connectivity index (χ0) is 21.8. The van der Waals surface area contributed by atoms with Gasteiger partial charge in [0.1, 0.15) is 19.3 Å². The lowest BCUT2D eigenvalue weighted by atomic mass is 10.1. The van der Waals surface area contributed by atoms with Gasteiger partial charge in [0.05, 0.1) is 0 Å². The molecule has 0 bridgehead atoms. The number of nitrogens with one attached hydrogen (secondary N) is 2. The van der Waals surface area contributed by atoms with Crippen LogP contribution in [0, 0.1) is 0 Å². The molecule has 5 rings (SSSR count). The van der Waals surface area contributed by atoms with Gasteiger partial charge >= 0.3 is 6.03 Å². The summed E-state index contributed by atoms with van der Waals surface area (Å²) in [6.45, 7) is 0.980. The lowest BCUT2D eigenvalue weighted by Gasteiger charge is -2.20. The number of rotatable bonds is 5. The van der Waals surface area contributed by atoms with Gasteiger partial charge in [-0.1, -0.05) is 48.5 Å². The van der Waals surface area contributed by atoms with Crippen molar-refractivity contribution in [2.45, 2.75) is 6.04 Å². The fraction of sp³-hybridized carbons (Fsp3) is 0.125. The van der Waals surface area contributed by atoms with Crippen molar-refractivity contribution in [1.82, 2.24) is 15.5 Å². The number of fused-ring (bicyclic) bond motifs is 1. The highest BCUT2D eigenvalue weighted by molar-refractivity contribution is 5.90. The van der Waals surface area contributed by atoms with E-state index in [1.807, 2.05) is 60.7 Å². The summed E-state index contributed by atoms with van der Waals surface area (Å²) in [7, 11) is 0. The maximum absolute atomic E-state index is 12.8. The van der Waals surface area contributed by atoms with E-state index in [0.29, 0.717) is 36.3 Å². The van der Waals surface area contributed by atoms with Crippen molar-refractivity contribution in [1.29, 1.82) is 0 Å². The van der Waals surface area contributed by atoms with Crippen molar-refractivity contribution in [3.8, 4) is 23.0 Å². The van der Waals surface area contributed by atoms with E-state index in [1.165, 1.54) is 0 Å². The second-order valence-electron chi connectivity index (χ2n) is 7.11. The minimum atomic E-state index is -0.627. The van der Waals surface area contributed by atoms with E-state index in [9.17, 15) is 4.79 Å². The van der Waals surface area contributed by atoms with Crippen LogP contribution in [0.1, 0.15) is 17.5 Å². The minimum Gasteiger partial charge on any atom is -0.486 e. The third-order valence-corrected chi connectivity index (χ3v) is 4.92. The lowest BCUT2D eigenvalue weighted by Crippen LogP contribution is -2.33. The van der Waals surface area contributed by atoms with E-state index < -0.39 is 12.1 Å². The summed E-state index contributed by atoms with van der Waals surface area (Å²) >= 11 is 0. The number of urea groups is 1. The number of carbonyl (C=O) groups excluding carboxylic acids is 1. The number of carbonyl (C=O) groups is 1. The fourth-order valence-electron chi connectivity index (χ4n) is 3.40. The molecule has 0 spiro atoms. The first-order valence-electron chi connectivity index (χ1n) is 10.2. The second kappa shape index (κ2) is 8.81. The highest BCUT2D eigenvalue weighted by Crippen LogP contribution is 2.32. The third-order valence-electron chi connectivity index (χ3n) is 4.92. The summed E-state index contributed by atoms with van der Waals surface area (Å²) in [6, 6.07) is 23.1. The first kappa shape index (κ1) is 19.6. The molecular formula is C24H20N4O4. The molecule has 0 saturated heterocycles. The summed E-state index contributed by atoms with van der Waals surface area (Å²) in [4.78, 5) is 12.8. The average molecular weight is 428 g/mol. The normalized spacial score (nSPS) is 13.2. The molecule has 1 aromatic heterocycles. The Hall–Kier alpha value is -4.33. The van der Waals surface area contributed by atoms with Crippen LogP contribution in [0.4, 0.5) is 10.5 Å². The van der Waals surface area contributed by atoms with Crippen molar-refractivity contribution in [2.75, 3.05) is 18.5 Å². The average Bonchev–Trinajstić information content (AvgIpc) is 3.34. The number of hydrogen-bond acceptors (Lipinski definition) is 6. The summed E-state index contributed by atoms with van der Waals surface area (Å²) < 4.78 is 17.0. The van der Waals surface area contributed by atoms with Crippen LogP contribution in [0.3, 0.4) is 0 Å². The monoisotopic (exact) mass is 428 g/mol. The molecule has 0 saturated carbocycles. The van der Waals surface area contributed by atoms with Crippen molar-refractivity contribution in [3.63, 3.8) is 0 Å². The van der Waals surface area contributed by atoms with Gasteiger partial charge in [-0.3, -0.25) is 0 Å². The Kier molecular flexibility index (Phi) is 5.40. The van der Waals surface area contributed by atoms with E-state index in [0.717, 1.165) is 11.1 Å². The Morgan fingerprint density at radius 3 is 2.34 bits per heavy atom. The van der Waals surface area contributed by atoms with Crippen LogP contribution >= 0.6 is 0 Å². The number of ether oxygens (including phenoxy) is 2. The maximum atomic E-state index is 12.8. The molecule has 0 radical (unpaired) electrons. The molecule has 2 heterocycles. The molecule has 0 fully saturated rings. The zero-order valence-electron chi connectivity index (χ0n) is 17.0. The quantitative estimate of drug-likeness (QED) is 0.488. The molecule has 1 unspecified atom stereocenters. The molecule has 32 heavy (non-hydrogen) atoms. The summed E-state index contributed by atoms with van der Waals surface area (Å²) in [5.41, 5.74) is 2.20. The van der Waals surface area contributed by atoms with Gasteiger partial charge in [0.2, 0.25) is 11.8 Å². The Morgan fingerprint density at radius 2 is 1.56 bits per heavy atom. The molecule has 8 heteroatoms. The molecule has 1 aliphatic heterocycles. The summed E-state index contributed by atoms with van der Waals surface area (Å²) in [6.07, 6.45) is 0. The van der Waals surface area contributed by atoms with Crippen LogP contribution < -0.4 is 20.1 Å². The van der Waals surface area contributed by atoms with Gasteiger partial charge in [-0.15, -0.1) is 10.2 Å². The highest BCUT2D eigenvalue weighted by atomic mass is 16.6. The maximum Gasteiger partial charge on any atom is 0.320 e. The predicted molar refractivity (Wildman–Crippen MR) is 118 cm³/mol. The van der Waals surface area contributed by atoms with Crippen molar-refractivity contribution < 1.29 is 18.7 Å². The van der Waals surface area contributed by atoms with Crippen LogP contribution in [0.2, 0.25) is 0 Å². The number of nitrogens with zero attached hydrogens (tertiary/aromatic N) is 2. The minimum absolute atomic E-state index is 0.285. The molecule has 2 N–H and O–H groups in total. The zero-order valence-corrected chi connectivity index (χ0v) is 17.0. The molecular weight excluding hydrogens is 408 g/mol. The van der Waals surface area contributed by atoms with Gasteiger partial charge in [0.25, 0.3) is 0 Å². The van der Waals surface area contributed by atoms with Crippen LogP contribution in [0.25, 0.3) is 11.5 Å². The highest BCUT2D eigenvalue weighted by Gasteiger charge is 2.24. The molecule has 1 atom stereocenters. The predicted octanol–water partition coefficient (Wildman–Crippen LogP) is 4.42. The molecule has 8 nitrogen and oxygen atoms in total. The largest absolute Gasteiger partial charge is 0.486 e. The summed E-state index contributed by atoms with van der Waals surface area (Å²) in [5.74, 6) is 1.92. The van der Waals surface area contributed by atoms with Gasteiger partial charge < -0.3 is 24.5 Å². The molecule has 160 valence electrons. The van der Waals surface area contributed by atoms with Crippen molar-refractivity contribution in [2.24, 2.45) is 0 Å². The molecule has 1 aliphatic rings. The van der Waals surface area contributed by atoms with Crippen molar-refractivity contribution in [3.05, 3.63) is 90.3 Å². The van der Waals surface area contributed by atoms with E-state index in [1.54, 1.807) is 18.2 Å². The van der Waals surface area contributed by atoms with Crippen LogP contribution in [0.15, 0.2) is 83.3 Å². The van der Waals surface area contributed by atoms with Gasteiger partial charge in [0, 0.05) is 17.3 Å². The smallest absolute Gasteiger partial charge is 0.320 e. The van der Waals surface area contributed by atoms with Gasteiger partial charge in [0.15, 0.2) is 11.5 Å². The first-order valence-corrected chi connectivity index (χ1v) is 10.2.